The van der Waals surface area contributed by atoms with Crippen LogP contribution in [0.1, 0.15) is 58.3 Å². The molecule has 0 radical (unpaired) electrons. The lowest BCUT2D eigenvalue weighted by atomic mass is 9.65. The van der Waals surface area contributed by atoms with Crippen molar-refractivity contribution in [2.24, 2.45) is 17.8 Å². The van der Waals surface area contributed by atoms with Gasteiger partial charge in [0.05, 0.1) is 32.2 Å². The summed E-state index contributed by atoms with van der Waals surface area (Å²) < 4.78 is -0.0237. The number of rotatable bonds is 2. The summed E-state index contributed by atoms with van der Waals surface area (Å²) in [5.41, 5.74) is 0. The second-order valence-corrected chi connectivity index (χ2v) is 8.25. The fraction of sp³-hybridized carbons (Fsp3) is 1.00. The van der Waals surface area contributed by atoms with E-state index in [-0.39, 0.29) is 4.65 Å². The molecule has 4 nitrogen and oxygen atoms in total. The van der Waals surface area contributed by atoms with Crippen LogP contribution in [0, 0.1) is 28.2 Å². The SMILES string of the molecule is C[C@@H]1C[C@H](CC2CCCC[NH+]2[O-])[C@H]2CCC[N@@+](C)([O-])[C@@H]2C1. The maximum atomic E-state index is 12.8. The van der Waals surface area contributed by atoms with E-state index >= 15 is 0 Å². The quantitative estimate of drug-likeness (QED) is 0.626. The number of quaternary nitrogens is 2. The molecule has 3 aliphatic rings. The largest absolute Gasteiger partial charge is 0.634 e. The van der Waals surface area contributed by atoms with Crippen molar-refractivity contribution in [2.45, 2.75) is 70.4 Å². The molecule has 0 bridgehead atoms. The highest BCUT2D eigenvalue weighted by Gasteiger charge is 2.46. The smallest absolute Gasteiger partial charge is 0.0919 e. The van der Waals surface area contributed by atoms with Gasteiger partial charge in [0.1, 0.15) is 0 Å². The third-order valence-electron chi connectivity index (χ3n) is 6.56. The molecule has 2 saturated heterocycles. The minimum atomic E-state index is -0.0237. The van der Waals surface area contributed by atoms with Crippen molar-refractivity contribution < 1.29 is 9.71 Å². The Labute approximate surface area is 129 Å². The van der Waals surface area contributed by atoms with E-state index < -0.39 is 0 Å². The van der Waals surface area contributed by atoms with Gasteiger partial charge in [0.2, 0.25) is 0 Å². The summed E-state index contributed by atoms with van der Waals surface area (Å²) in [6.45, 7) is 3.90. The van der Waals surface area contributed by atoms with Gasteiger partial charge in [-0.3, -0.25) is 0 Å². The lowest BCUT2D eigenvalue weighted by Crippen LogP contribution is -3.12. The number of hydrogen-bond acceptors (Lipinski definition) is 2. The Hall–Kier alpha value is -0.160. The van der Waals surface area contributed by atoms with Gasteiger partial charge in [-0.15, -0.1) is 0 Å². The van der Waals surface area contributed by atoms with Gasteiger partial charge in [-0.1, -0.05) is 6.92 Å². The highest BCUT2D eigenvalue weighted by molar-refractivity contribution is 4.89. The van der Waals surface area contributed by atoms with E-state index in [1.54, 1.807) is 0 Å². The molecule has 0 amide bonds. The van der Waals surface area contributed by atoms with Crippen LogP contribution < -0.4 is 5.06 Å². The zero-order valence-electron chi connectivity index (χ0n) is 13.7. The maximum absolute atomic E-state index is 12.8. The van der Waals surface area contributed by atoms with E-state index in [0.717, 1.165) is 45.2 Å². The highest BCUT2D eigenvalue weighted by atomic mass is 16.5. The van der Waals surface area contributed by atoms with E-state index in [4.69, 9.17) is 0 Å². The molecular weight excluding hydrogens is 264 g/mol. The highest BCUT2D eigenvalue weighted by Crippen LogP contribution is 2.45. The van der Waals surface area contributed by atoms with E-state index in [9.17, 15) is 10.4 Å². The molecule has 4 heteroatoms. The molecule has 1 aliphatic carbocycles. The predicted molar refractivity (Wildman–Crippen MR) is 84.3 cm³/mol. The van der Waals surface area contributed by atoms with Crippen molar-refractivity contribution in [3.05, 3.63) is 10.4 Å². The topological polar surface area (TPSA) is 50.6 Å². The van der Waals surface area contributed by atoms with E-state index in [1.807, 2.05) is 7.05 Å². The minimum Gasteiger partial charge on any atom is -0.634 e. The summed E-state index contributed by atoms with van der Waals surface area (Å²) in [5, 5.41) is 25.5. The Bertz CT molecular complexity index is 361. The van der Waals surface area contributed by atoms with Crippen molar-refractivity contribution in [3.63, 3.8) is 0 Å². The van der Waals surface area contributed by atoms with Crippen molar-refractivity contribution >= 4 is 0 Å². The standard InChI is InChI=1S/C17H32N2O2/c1-13-10-14(12-15-6-3-4-8-18(15)20)16-7-5-9-19(2,21)17(16)11-13/h13-18H,3-12H2,1-2H3/t13-,14-,15?,16-,17-,19-/m1/s1. The molecule has 0 aromatic heterocycles. The molecule has 0 aromatic rings. The van der Waals surface area contributed by atoms with E-state index in [1.165, 1.54) is 19.3 Å². The fourth-order valence-electron chi connectivity index (χ4n) is 5.49. The lowest BCUT2D eigenvalue weighted by molar-refractivity contribution is -0.899. The summed E-state index contributed by atoms with van der Waals surface area (Å²) in [7, 11) is 1.89. The van der Waals surface area contributed by atoms with Crippen molar-refractivity contribution in [3.8, 4) is 0 Å². The van der Waals surface area contributed by atoms with Crippen LogP contribution in [0.5, 0.6) is 0 Å². The zero-order chi connectivity index (χ0) is 15.0. The first-order valence-electron chi connectivity index (χ1n) is 9.06. The van der Waals surface area contributed by atoms with E-state index in [0.29, 0.717) is 34.9 Å². The summed E-state index contributed by atoms with van der Waals surface area (Å²) in [4.78, 5) is 0. The van der Waals surface area contributed by atoms with Gasteiger partial charge >= 0.3 is 0 Å². The first kappa shape index (κ1) is 15.7. The molecule has 2 aliphatic heterocycles. The van der Waals surface area contributed by atoms with Gasteiger partial charge in [0.15, 0.2) is 0 Å². The van der Waals surface area contributed by atoms with Gasteiger partial charge in [-0.2, -0.15) is 0 Å². The van der Waals surface area contributed by atoms with Crippen molar-refractivity contribution in [1.29, 1.82) is 0 Å². The molecule has 0 spiro atoms. The summed E-state index contributed by atoms with van der Waals surface area (Å²) >= 11 is 0. The van der Waals surface area contributed by atoms with Crippen LogP contribution in [0.15, 0.2) is 0 Å². The van der Waals surface area contributed by atoms with Crippen LogP contribution in [0.2, 0.25) is 0 Å². The number of hydrogen-bond donors (Lipinski definition) is 1. The predicted octanol–water partition coefficient (Wildman–Crippen LogP) is 2.08. The molecule has 2 heterocycles. The number of piperidine rings is 2. The molecular formula is C17H32N2O2. The third-order valence-corrected chi connectivity index (χ3v) is 6.56. The van der Waals surface area contributed by atoms with Gasteiger partial charge in [-0.05, 0) is 50.4 Å². The van der Waals surface area contributed by atoms with Crippen LogP contribution in [0.25, 0.3) is 0 Å². The van der Waals surface area contributed by atoms with Crippen molar-refractivity contribution in [1.82, 2.24) is 0 Å². The number of likely N-dealkylation sites (tertiary alicyclic amines) is 1. The van der Waals surface area contributed by atoms with Gasteiger partial charge in [0, 0.05) is 18.8 Å². The second kappa shape index (κ2) is 6.15. The maximum Gasteiger partial charge on any atom is 0.0919 e. The zero-order valence-corrected chi connectivity index (χ0v) is 13.7. The average molecular weight is 296 g/mol. The molecule has 0 aromatic carbocycles. The first-order chi connectivity index (χ1) is 9.97. The number of nitrogens with zero attached hydrogens (tertiary/aromatic N) is 1. The summed E-state index contributed by atoms with van der Waals surface area (Å²) in [6, 6.07) is 0.605. The first-order valence-corrected chi connectivity index (χ1v) is 9.06. The molecule has 2 unspecified atom stereocenters. The Morgan fingerprint density at radius 2 is 1.95 bits per heavy atom. The third kappa shape index (κ3) is 3.29. The normalized spacial score (nSPS) is 51.4. The molecule has 122 valence electrons. The molecule has 1 saturated carbocycles. The number of nitrogens with one attached hydrogen (secondary N) is 1. The Kier molecular flexibility index (Phi) is 4.60. The van der Waals surface area contributed by atoms with Crippen LogP contribution >= 0.6 is 0 Å². The lowest BCUT2D eigenvalue weighted by Gasteiger charge is -2.57. The fourth-order valence-corrected chi connectivity index (χ4v) is 5.49. The van der Waals surface area contributed by atoms with Crippen LogP contribution in [-0.2, 0) is 0 Å². The number of fused-ring (bicyclic) bond motifs is 1. The average Bonchev–Trinajstić information content (AvgIpc) is 2.42. The monoisotopic (exact) mass is 296 g/mol. The second-order valence-electron chi connectivity index (χ2n) is 8.25. The molecule has 21 heavy (non-hydrogen) atoms. The number of hydroxylamine groups is 5. The molecule has 3 fully saturated rings. The Balaban J connectivity index is 1.71. The van der Waals surface area contributed by atoms with Crippen LogP contribution in [0.3, 0.4) is 0 Å². The Morgan fingerprint density at radius 3 is 2.71 bits per heavy atom. The van der Waals surface area contributed by atoms with Gasteiger partial charge in [-0.25, -0.2) is 0 Å². The summed E-state index contributed by atoms with van der Waals surface area (Å²) in [5.74, 6) is 1.85. The molecule has 3 rings (SSSR count). The van der Waals surface area contributed by atoms with Crippen LogP contribution in [0.4, 0.5) is 0 Å². The minimum absolute atomic E-state index is 0.0237. The molecule has 7 atom stereocenters. The summed E-state index contributed by atoms with van der Waals surface area (Å²) in [6.07, 6.45) is 9.13. The van der Waals surface area contributed by atoms with E-state index in [2.05, 4.69) is 6.92 Å². The van der Waals surface area contributed by atoms with Gasteiger partial charge < -0.3 is 20.1 Å². The van der Waals surface area contributed by atoms with Crippen molar-refractivity contribution in [2.75, 3.05) is 20.1 Å². The molecule has 1 N–H and O–H groups in total. The Morgan fingerprint density at radius 1 is 1.14 bits per heavy atom. The van der Waals surface area contributed by atoms with Crippen LogP contribution in [-0.4, -0.2) is 36.9 Å². The van der Waals surface area contributed by atoms with Gasteiger partial charge in [0.25, 0.3) is 0 Å².